The van der Waals surface area contributed by atoms with Crippen LogP contribution in [0.1, 0.15) is 74.1 Å². The van der Waals surface area contributed by atoms with Crippen LogP contribution in [0.4, 0.5) is 4.79 Å². The van der Waals surface area contributed by atoms with Crippen molar-refractivity contribution in [1.82, 2.24) is 4.90 Å². The molecule has 9 heteroatoms. The van der Waals surface area contributed by atoms with Crippen molar-refractivity contribution < 1.29 is 38.8 Å². The van der Waals surface area contributed by atoms with E-state index in [1.165, 1.54) is 6.92 Å². The third-order valence-electron chi connectivity index (χ3n) is 6.87. The van der Waals surface area contributed by atoms with E-state index in [1.54, 1.807) is 31.0 Å². The van der Waals surface area contributed by atoms with Gasteiger partial charge in [-0.15, -0.1) is 0 Å². The first-order valence-electron chi connectivity index (χ1n) is 13.4. The molecule has 1 amide bonds. The first-order valence-corrected chi connectivity index (χ1v) is 13.4. The maximum absolute atomic E-state index is 12.6. The van der Waals surface area contributed by atoms with Gasteiger partial charge in [-0.2, -0.15) is 0 Å². The lowest BCUT2D eigenvalue weighted by molar-refractivity contribution is -0.157. The molecule has 0 spiro atoms. The lowest BCUT2D eigenvalue weighted by Gasteiger charge is -2.32. The summed E-state index contributed by atoms with van der Waals surface area (Å²) in [6.07, 6.45) is 6.90. The molecular weight excluding hydrogens is 490 g/mol. The van der Waals surface area contributed by atoms with Gasteiger partial charge in [0.1, 0.15) is 17.8 Å². The Bertz CT molecular complexity index is 878. The van der Waals surface area contributed by atoms with Crippen molar-refractivity contribution in [2.24, 2.45) is 11.8 Å². The molecule has 0 saturated carbocycles. The Hall–Kier alpha value is -2.65. The monoisotopic (exact) mass is 537 g/mol. The molecule has 1 aliphatic heterocycles. The summed E-state index contributed by atoms with van der Waals surface area (Å²) in [6, 6.07) is 0.0974. The van der Waals surface area contributed by atoms with E-state index in [9.17, 15) is 24.6 Å². The summed E-state index contributed by atoms with van der Waals surface area (Å²) in [7, 11) is 1.72. The number of nitrogens with zero attached hydrogens (tertiary/aromatic N) is 1. The molecule has 1 rings (SSSR count). The SMILES string of the molecule is CCC(C)N(C)C(=O)OCC(C)/C=C/C=C(\C)[C@H]1OC(=O)C[C@@H](O)CC[C@](C)(O)[C@@H](OC(C)=O)/C=C/[C@@H]1C. The quantitative estimate of drug-likeness (QED) is 0.203. The van der Waals surface area contributed by atoms with Crippen LogP contribution < -0.4 is 0 Å². The smallest absolute Gasteiger partial charge is 0.409 e. The molecule has 0 aliphatic carbocycles. The summed E-state index contributed by atoms with van der Waals surface area (Å²) in [6.45, 7) is 12.6. The Labute approximate surface area is 227 Å². The van der Waals surface area contributed by atoms with Gasteiger partial charge in [0.15, 0.2) is 0 Å². The topological polar surface area (TPSA) is 123 Å². The van der Waals surface area contributed by atoms with Gasteiger partial charge < -0.3 is 29.3 Å². The van der Waals surface area contributed by atoms with Crippen LogP contribution >= 0.6 is 0 Å². The fourth-order valence-corrected chi connectivity index (χ4v) is 3.94. The number of carbonyl (C=O) groups excluding carboxylic acids is 3. The standard InChI is InChI=1S/C29H47NO8/c1-9-22(5)30(8)28(34)36-18-19(2)11-10-12-20(3)27-21(4)13-14-25(37-23(6)31)29(7,35)16-15-24(32)17-26(33)38-27/h10-14,19,21-22,24-25,27,32,35H,9,15-18H2,1-8H3/b11-10+,14-13+,20-12+/t19?,21-,22?,24-,25-,27+,29-/m0/s1. The van der Waals surface area contributed by atoms with Crippen LogP contribution in [0.2, 0.25) is 0 Å². The highest BCUT2D eigenvalue weighted by molar-refractivity contribution is 5.70. The van der Waals surface area contributed by atoms with Crippen molar-refractivity contribution in [3.63, 3.8) is 0 Å². The maximum Gasteiger partial charge on any atom is 0.409 e. The Morgan fingerprint density at radius 3 is 2.55 bits per heavy atom. The number of cyclic esters (lactones) is 1. The second kappa shape index (κ2) is 15.7. The number of allylic oxidation sites excluding steroid dienone is 2. The summed E-state index contributed by atoms with van der Waals surface area (Å²) in [5.74, 6) is -1.42. The maximum atomic E-state index is 12.6. The molecule has 0 fully saturated rings. The van der Waals surface area contributed by atoms with E-state index in [1.807, 2.05) is 52.8 Å². The van der Waals surface area contributed by atoms with Crippen molar-refractivity contribution in [2.75, 3.05) is 13.7 Å². The Balaban J connectivity index is 3.03. The van der Waals surface area contributed by atoms with E-state index in [2.05, 4.69) is 0 Å². The van der Waals surface area contributed by atoms with Gasteiger partial charge in [0.05, 0.1) is 19.1 Å². The molecular formula is C29H47NO8. The van der Waals surface area contributed by atoms with Crippen molar-refractivity contribution in [3.8, 4) is 0 Å². The second-order valence-electron chi connectivity index (χ2n) is 10.7. The molecule has 2 unspecified atom stereocenters. The first kappa shape index (κ1) is 33.4. The number of esters is 2. The second-order valence-corrected chi connectivity index (χ2v) is 10.7. The minimum Gasteiger partial charge on any atom is -0.457 e. The Morgan fingerprint density at radius 2 is 1.95 bits per heavy atom. The molecule has 0 aromatic carbocycles. The van der Waals surface area contributed by atoms with Crippen LogP contribution in [-0.2, 0) is 23.8 Å². The summed E-state index contributed by atoms with van der Waals surface area (Å²) < 4.78 is 16.5. The highest BCUT2D eigenvalue weighted by Gasteiger charge is 2.35. The molecule has 38 heavy (non-hydrogen) atoms. The van der Waals surface area contributed by atoms with Crippen LogP contribution in [0.3, 0.4) is 0 Å². The van der Waals surface area contributed by atoms with Gasteiger partial charge in [0.25, 0.3) is 0 Å². The average Bonchev–Trinajstić information content (AvgIpc) is 2.84. The largest absolute Gasteiger partial charge is 0.457 e. The summed E-state index contributed by atoms with van der Waals surface area (Å²) in [5, 5.41) is 21.2. The molecule has 7 atom stereocenters. The number of ether oxygens (including phenoxy) is 3. The van der Waals surface area contributed by atoms with Gasteiger partial charge >= 0.3 is 18.0 Å². The molecule has 0 aromatic heterocycles. The Morgan fingerprint density at radius 1 is 1.29 bits per heavy atom. The lowest BCUT2D eigenvalue weighted by Crippen LogP contribution is -2.42. The average molecular weight is 538 g/mol. The van der Waals surface area contributed by atoms with Crippen LogP contribution in [0.5, 0.6) is 0 Å². The molecule has 216 valence electrons. The zero-order chi connectivity index (χ0) is 29.0. The van der Waals surface area contributed by atoms with Gasteiger partial charge in [-0.1, -0.05) is 45.1 Å². The zero-order valence-corrected chi connectivity index (χ0v) is 24.2. The predicted molar refractivity (Wildman–Crippen MR) is 145 cm³/mol. The normalized spacial score (nSPS) is 29.8. The number of amides is 1. The summed E-state index contributed by atoms with van der Waals surface area (Å²) in [4.78, 5) is 37.9. The third-order valence-corrected chi connectivity index (χ3v) is 6.87. The molecule has 0 aromatic rings. The minimum absolute atomic E-state index is 0.0358. The molecule has 0 radical (unpaired) electrons. The summed E-state index contributed by atoms with van der Waals surface area (Å²) >= 11 is 0. The number of aliphatic hydroxyl groups is 2. The molecule has 2 N–H and O–H groups in total. The summed E-state index contributed by atoms with van der Waals surface area (Å²) in [5.41, 5.74) is -0.660. The van der Waals surface area contributed by atoms with E-state index >= 15 is 0 Å². The predicted octanol–water partition coefficient (Wildman–Crippen LogP) is 4.32. The number of hydrogen-bond acceptors (Lipinski definition) is 8. The van der Waals surface area contributed by atoms with E-state index in [0.717, 1.165) is 12.0 Å². The third kappa shape index (κ3) is 11.4. The van der Waals surface area contributed by atoms with Gasteiger partial charge in [-0.25, -0.2) is 4.79 Å². The van der Waals surface area contributed by atoms with Crippen molar-refractivity contribution in [2.45, 2.75) is 104 Å². The molecule has 0 bridgehead atoms. The van der Waals surface area contributed by atoms with Crippen LogP contribution in [0.15, 0.2) is 36.0 Å². The van der Waals surface area contributed by atoms with Crippen LogP contribution in [-0.4, -0.2) is 76.8 Å². The van der Waals surface area contributed by atoms with Gasteiger partial charge in [-0.3, -0.25) is 9.59 Å². The van der Waals surface area contributed by atoms with Crippen LogP contribution in [0.25, 0.3) is 0 Å². The van der Waals surface area contributed by atoms with E-state index in [0.29, 0.717) is 0 Å². The first-order chi connectivity index (χ1) is 17.7. The highest BCUT2D eigenvalue weighted by Crippen LogP contribution is 2.27. The molecule has 9 nitrogen and oxygen atoms in total. The van der Waals surface area contributed by atoms with Crippen LogP contribution in [0, 0.1) is 11.8 Å². The van der Waals surface area contributed by atoms with E-state index in [4.69, 9.17) is 14.2 Å². The van der Waals surface area contributed by atoms with E-state index in [-0.39, 0.29) is 49.8 Å². The fourth-order valence-electron chi connectivity index (χ4n) is 3.94. The number of hydrogen-bond donors (Lipinski definition) is 2. The number of rotatable bonds is 8. The highest BCUT2D eigenvalue weighted by atomic mass is 16.6. The Kier molecular flexibility index (Phi) is 13.8. The lowest BCUT2D eigenvalue weighted by atomic mass is 9.88. The van der Waals surface area contributed by atoms with Crippen molar-refractivity contribution >= 4 is 18.0 Å². The van der Waals surface area contributed by atoms with Gasteiger partial charge in [0, 0.05) is 31.8 Å². The molecule has 0 saturated heterocycles. The van der Waals surface area contributed by atoms with Gasteiger partial charge in [0.2, 0.25) is 0 Å². The minimum atomic E-state index is -1.42. The van der Waals surface area contributed by atoms with Crippen molar-refractivity contribution in [1.29, 1.82) is 0 Å². The molecule has 1 aliphatic rings. The molecule has 1 heterocycles. The van der Waals surface area contributed by atoms with Crippen molar-refractivity contribution in [3.05, 3.63) is 36.0 Å². The van der Waals surface area contributed by atoms with E-state index < -0.39 is 35.9 Å². The van der Waals surface area contributed by atoms with Gasteiger partial charge in [-0.05, 0) is 51.7 Å². The number of carbonyl (C=O) groups is 3. The fraction of sp³-hybridized carbons (Fsp3) is 0.690. The number of aliphatic hydroxyl groups excluding tert-OH is 1. The zero-order valence-electron chi connectivity index (χ0n) is 24.2.